The first-order chi connectivity index (χ1) is 8.28. The minimum Gasteiger partial charge on any atom is -0.379 e. The van der Waals surface area contributed by atoms with Gasteiger partial charge in [0.2, 0.25) is 5.13 Å². The molecule has 0 bridgehead atoms. The topological polar surface area (TPSA) is 50.3 Å². The number of nitrogens with zero attached hydrogens (tertiary/aromatic N) is 3. The Morgan fingerprint density at radius 1 is 1.47 bits per heavy atom. The van der Waals surface area contributed by atoms with Crippen LogP contribution in [0.2, 0.25) is 0 Å². The van der Waals surface area contributed by atoms with Crippen molar-refractivity contribution in [3.8, 4) is 0 Å². The maximum Gasteiger partial charge on any atom is 0.202 e. The first-order valence-corrected chi connectivity index (χ1v) is 6.94. The zero-order chi connectivity index (χ0) is 12.1. The molecule has 1 aromatic rings. The molecule has 0 aromatic carbocycles. The van der Waals surface area contributed by atoms with Crippen molar-refractivity contribution in [1.29, 1.82) is 0 Å². The molecular formula is C11H20N4OS. The fourth-order valence-electron chi connectivity index (χ4n) is 1.88. The second-order valence-electron chi connectivity index (χ2n) is 4.33. The maximum absolute atomic E-state index is 5.34. The molecule has 0 amide bonds. The molecular weight excluding hydrogens is 236 g/mol. The Morgan fingerprint density at radius 2 is 2.24 bits per heavy atom. The highest BCUT2D eigenvalue weighted by Gasteiger charge is 2.14. The molecule has 1 aliphatic heterocycles. The van der Waals surface area contributed by atoms with Gasteiger partial charge >= 0.3 is 0 Å². The van der Waals surface area contributed by atoms with Crippen LogP contribution in [0.3, 0.4) is 0 Å². The molecule has 2 rings (SSSR count). The van der Waals surface area contributed by atoms with Gasteiger partial charge in [0.05, 0.1) is 13.2 Å². The number of morpholine rings is 1. The molecule has 0 radical (unpaired) electrons. The lowest BCUT2D eigenvalue weighted by Gasteiger charge is -2.29. The fourth-order valence-corrected chi connectivity index (χ4v) is 2.65. The number of hydrogen-bond acceptors (Lipinski definition) is 6. The molecule has 1 fully saturated rings. The van der Waals surface area contributed by atoms with Crippen molar-refractivity contribution in [3.05, 3.63) is 5.82 Å². The van der Waals surface area contributed by atoms with E-state index >= 15 is 0 Å². The number of aromatic nitrogens is 2. The Labute approximate surface area is 106 Å². The second kappa shape index (κ2) is 6.28. The van der Waals surface area contributed by atoms with Gasteiger partial charge in [0.15, 0.2) is 0 Å². The summed E-state index contributed by atoms with van der Waals surface area (Å²) in [6.07, 6.45) is 0.899. The van der Waals surface area contributed by atoms with E-state index in [0.717, 1.165) is 50.2 Å². The molecule has 17 heavy (non-hydrogen) atoms. The van der Waals surface area contributed by atoms with E-state index in [1.165, 1.54) is 11.5 Å². The second-order valence-corrected chi connectivity index (χ2v) is 5.08. The quantitative estimate of drug-likeness (QED) is 0.859. The summed E-state index contributed by atoms with van der Waals surface area (Å²) in [5.41, 5.74) is 0. The number of rotatable bonds is 5. The molecule has 1 aliphatic rings. The van der Waals surface area contributed by atoms with Gasteiger partial charge in [-0.15, -0.1) is 0 Å². The van der Waals surface area contributed by atoms with Crippen molar-refractivity contribution in [1.82, 2.24) is 14.3 Å². The minimum atomic E-state index is 0.394. The molecule has 2 heterocycles. The Bertz CT molecular complexity index is 338. The van der Waals surface area contributed by atoms with Crippen molar-refractivity contribution in [2.24, 2.45) is 0 Å². The van der Waals surface area contributed by atoms with E-state index in [9.17, 15) is 0 Å². The first kappa shape index (κ1) is 12.7. The smallest absolute Gasteiger partial charge is 0.202 e. The van der Waals surface area contributed by atoms with Crippen molar-refractivity contribution in [2.75, 3.05) is 38.2 Å². The van der Waals surface area contributed by atoms with Crippen LogP contribution in [0.4, 0.5) is 5.13 Å². The van der Waals surface area contributed by atoms with Crippen molar-refractivity contribution >= 4 is 16.7 Å². The van der Waals surface area contributed by atoms with E-state index in [-0.39, 0.29) is 0 Å². The molecule has 5 nitrogen and oxygen atoms in total. The average molecular weight is 256 g/mol. The van der Waals surface area contributed by atoms with E-state index < -0.39 is 0 Å². The first-order valence-electron chi connectivity index (χ1n) is 6.17. The molecule has 0 saturated carbocycles. The maximum atomic E-state index is 5.34. The molecule has 1 N–H and O–H groups in total. The SMILES string of the molecule is CCc1nsc(NC(C)CN2CCOCC2)n1. The summed E-state index contributed by atoms with van der Waals surface area (Å²) in [7, 11) is 0. The lowest BCUT2D eigenvalue weighted by Crippen LogP contribution is -2.42. The number of anilines is 1. The van der Waals surface area contributed by atoms with Crippen LogP contribution in [-0.2, 0) is 11.2 Å². The van der Waals surface area contributed by atoms with Gasteiger partial charge in [-0.3, -0.25) is 4.90 Å². The summed E-state index contributed by atoms with van der Waals surface area (Å²) in [5.74, 6) is 0.927. The van der Waals surface area contributed by atoms with Crippen LogP contribution in [0, 0.1) is 0 Å². The molecule has 0 spiro atoms. The minimum absolute atomic E-state index is 0.394. The Morgan fingerprint density at radius 3 is 2.88 bits per heavy atom. The van der Waals surface area contributed by atoms with Crippen LogP contribution in [0.5, 0.6) is 0 Å². The lowest BCUT2D eigenvalue weighted by atomic mass is 10.3. The van der Waals surface area contributed by atoms with Crippen LogP contribution >= 0.6 is 11.5 Å². The van der Waals surface area contributed by atoms with E-state index in [2.05, 4.69) is 33.4 Å². The standard InChI is InChI=1S/C11H20N4OS/c1-3-10-13-11(17-14-10)12-9(2)8-15-4-6-16-7-5-15/h9H,3-8H2,1-2H3,(H,12,13,14). The summed E-state index contributed by atoms with van der Waals surface area (Å²) in [4.78, 5) is 6.83. The predicted octanol–water partition coefficient (Wildman–Crippen LogP) is 1.23. The molecule has 1 unspecified atom stereocenters. The number of aryl methyl sites for hydroxylation is 1. The van der Waals surface area contributed by atoms with E-state index in [1.807, 2.05) is 0 Å². The Kier molecular flexibility index (Phi) is 4.70. The van der Waals surface area contributed by atoms with Gasteiger partial charge in [0.1, 0.15) is 5.82 Å². The third kappa shape index (κ3) is 3.90. The highest BCUT2D eigenvalue weighted by atomic mass is 32.1. The van der Waals surface area contributed by atoms with Crippen LogP contribution in [0.1, 0.15) is 19.7 Å². The van der Waals surface area contributed by atoms with Gasteiger partial charge < -0.3 is 10.1 Å². The summed E-state index contributed by atoms with van der Waals surface area (Å²) in [6.45, 7) is 9.05. The predicted molar refractivity (Wildman–Crippen MR) is 69.6 cm³/mol. The molecule has 1 atom stereocenters. The summed E-state index contributed by atoms with van der Waals surface area (Å²) in [6, 6.07) is 0.394. The normalized spacial score (nSPS) is 19.2. The third-order valence-corrected chi connectivity index (χ3v) is 3.47. The van der Waals surface area contributed by atoms with Gasteiger partial charge in [-0.1, -0.05) is 6.92 Å². The van der Waals surface area contributed by atoms with Gasteiger partial charge in [0.25, 0.3) is 0 Å². The van der Waals surface area contributed by atoms with Gasteiger partial charge in [-0.25, -0.2) is 4.98 Å². The number of nitrogens with one attached hydrogen (secondary N) is 1. The average Bonchev–Trinajstić information content (AvgIpc) is 2.78. The molecule has 96 valence electrons. The Hall–Kier alpha value is -0.720. The van der Waals surface area contributed by atoms with Gasteiger partial charge in [0, 0.05) is 43.6 Å². The van der Waals surface area contributed by atoms with Crippen molar-refractivity contribution in [2.45, 2.75) is 26.3 Å². The third-order valence-electron chi connectivity index (χ3n) is 2.79. The summed E-state index contributed by atoms with van der Waals surface area (Å²) >= 11 is 1.45. The van der Waals surface area contributed by atoms with Crippen molar-refractivity contribution in [3.63, 3.8) is 0 Å². The zero-order valence-corrected chi connectivity index (χ0v) is 11.3. The van der Waals surface area contributed by atoms with E-state index in [4.69, 9.17) is 4.74 Å². The largest absolute Gasteiger partial charge is 0.379 e. The number of hydrogen-bond donors (Lipinski definition) is 1. The number of ether oxygens (including phenoxy) is 1. The van der Waals surface area contributed by atoms with Crippen LogP contribution in [0.25, 0.3) is 0 Å². The zero-order valence-electron chi connectivity index (χ0n) is 10.5. The molecule has 6 heteroatoms. The molecule has 1 aromatic heterocycles. The highest BCUT2D eigenvalue weighted by Crippen LogP contribution is 2.13. The van der Waals surface area contributed by atoms with Crippen LogP contribution < -0.4 is 5.32 Å². The van der Waals surface area contributed by atoms with E-state index in [1.54, 1.807) is 0 Å². The Balaban J connectivity index is 1.77. The summed E-state index contributed by atoms with van der Waals surface area (Å²) < 4.78 is 9.60. The highest BCUT2D eigenvalue weighted by molar-refractivity contribution is 7.09. The van der Waals surface area contributed by atoms with E-state index in [0.29, 0.717) is 6.04 Å². The monoisotopic (exact) mass is 256 g/mol. The molecule has 0 aliphatic carbocycles. The van der Waals surface area contributed by atoms with Crippen LogP contribution in [-0.4, -0.2) is 53.1 Å². The van der Waals surface area contributed by atoms with Gasteiger partial charge in [-0.2, -0.15) is 4.37 Å². The lowest BCUT2D eigenvalue weighted by molar-refractivity contribution is 0.0368. The van der Waals surface area contributed by atoms with Gasteiger partial charge in [-0.05, 0) is 6.92 Å². The van der Waals surface area contributed by atoms with Crippen molar-refractivity contribution < 1.29 is 4.74 Å². The summed E-state index contributed by atoms with van der Waals surface area (Å²) in [5, 5.41) is 4.34. The molecule has 1 saturated heterocycles. The fraction of sp³-hybridized carbons (Fsp3) is 0.818. The van der Waals surface area contributed by atoms with Crippen LogP contribution in [0.15, 0.2) is 0 Å².